The summed E-state index contributed by atoms with van der Waals surface area (Å²) in [6.07, 6.45) is 0.0545. The summed E-state index contributed by atoms with van der Waals surface area (Å²) in [5, 5.41) is 3.28. The second-order valence-corrected chi connectivity index (χ2v) is 10.2. The molecule has 2 atom stereocenters. The van der Waals surface area contributed by atoms with Crippen molar-refractivity contribution < 1.29 is 27.2 Å². The van der Waals surface area contributed by atoms with Gasteiger partial charge in [-0.15, -0.1) is 0 Å². The first-order valence-corrected chi connectivity index (χ1v) is 12.7. The molecule has 4 rings (SSSR count). The Hall–Kier alpha value is -3.07. The van der Waals surface area contributed by atoms with E-state index in [-0.39, 0.29) is 36.8 Å². The van der Waals surface area contributed by atoms with Gasteiger partial charge in [0, 0.05) is 61.9 Å². The molecule has 3 aliphatic rings. The Bertz CT molecular complexity index is 1180. The van der Waals surface area contributed by atoms with Crippen LogP contribution >= 0.6 is 15.9 Å². The number of amides is 2. The molecule has 2 saturated heterocycles. The zero-order valence-corrected chi connectivity index (χ0v) is 21.4. The van der Waals surface area contributed by atoms with E-state index in [4.69, 9.17) is 5.73 Å². The molecule has 0 aliphatic carbocycles. The van der Waals surface area contributed by atoms with Crippen LogP contribution in [-0.4, -0.2) is 72.4 Å². The molecule has 0 spiro atoms. The van der Waals surface area contributed by atoms with Crippen LogP contribution in [0.1, 0.15) is 36.0 Å². The molecule has 0 radical (unpaired) electrons. The summed E-state index contributed by atoms with van der Waals surface area (Å²) in [5.74, 6) is -0.0330. The maximum atomic E-state index is 13.6. The monoisotopic (exact) mass is 583 g/mol. The number of benzene rings is 1. The molecule has 37 heavy (non-hydrogen) atoms. The van der Waals surface area contributed by atoms with Gasteiger partial charge in [-0.3, -0.25) is 14.6 Å². The molecule has 3 N–H and O–H groups in total. The highest BCUT2D eigenvalue weighted by atomic mass is 79.9. The van der Waals surface area contributed by atoms with E-state index in [1.54, 1.807) is 17.0 Å². The van der Waals surface area contributed by atoms with Crippen LogP contribution in [-0.2, 0) is 4.79 Å². The molecule has 3 aliphatic heterocycles. The third kappa shape index (κ3) is 6.44. The Morgan fingerprint density at radius 1 is 1.16 bits per heavy atom. The number of alkyl halides is 4. The van der Waals surface area contributed by atoms with Crippen LogP contribution in [0.2, 0.25) is 0 Å². The van der Waals surface area contributed by atoms with E-state index in [0.29, 0.717) is 35.2 Å². The average molecular weight is 584 g/mol. The first kappa shape index (κ1) is 27.0. The largest absolute Gasteiger partial charge is 0.397 e. The van der Waals surface area contributed by atoms with Gasteiger partial charge in [-0.05, 0) is 25.0 Å². The van der Waals surface area contributed by atoms with Crippen LogP contribution in [0.4, 0.5) is 28.9 Å². The van der Waals surface area contributed by atoms with E-state index in [2.05, 4.69) is 38.1 Å². The lowest BCUT2D eigenvalue weighted by molar-refractivity contribution is -0.127. The van der Waals surface area contributed by atoms with Crippen molar-refractivity contribution in [3.8, 4) is 11.8 Å². The van der Waals surface area contributed by atoms with Gasteiger partial charge in [0.25, 0.3) is 24.2 Å². The Labute approximate surface area is 220 Å². The number of halogens is 5. The maximum Gasteiger partial charge on any atom is 0.264 e. The van der Waals surface area contributed by atoms with E-state index >= 15 is 0 Å². The van der Waals surface area contributed by atoms with Gasteiger partial charge in [0.15, 0.2) is 0 Å². The Morgan fingerprint density at radius 3 is 2.59 bits per heavy atom. The van der Waals surface area contributed by atoms with Gasteiger partial charge in [-0.25, -0.2) is 17.6 Å². The standard InChI is InChI=1S/C25H26BrF4N5O2/c26-17-10-19(24(37)34-8-5-25(29,30)6-9-34)21(20(31)11-17)33-18-2-1-7-35(14-18)23(36)16-4-3-15(22(27)28)12-32-13-16/h10-13,15,18,22,33H,1-2,5-9,14,31H2/t15?,18-/m1/s1. The second-order valence-electron chi connectivity index (χ2n) is 9.27. The Kier molecular flexibility index (Phi) is 8.11. The summed E-state index contributed by atoms with van der Waals surface area (Å²) in [6.45, 7) is 0.587. The molecular weight excluding hydrogens is 558 g/mol. The van der Waals surface area contributed by atoms with Gasteiger partial charge in [-0.1, -0.05) is 27.8 Å². The summed E-state index contributed by atoms with van der Waals surface area (Å²) >= 11 is 3.35. The van der Waals surface area contributed by atoms with Crippen LogP contribution in [0.3, 0.4) is 0 Å². The van der Waals surface area contributed by atoms with Crippen molar-refractivity contribution in [3.63, 3.8) is 0 Å². The summed E-state index contributed by atoms with van der Waals surface area (Å²) in [7, 11) is 0. The lowest BCUT2D eigenvalue weighted by atomic mass is 10.0. The number of piperidine rings is 2. The zero-order valence-electron chi connectivity index (χ0n) is 19.8. The number of hydrogen-bond acceptors (Lipinski definition) is 5. The van der Waals surface area contributed by atoms with E-state index < -0.39 is 42.9 Å². The number of nitrogens with two attached hydrogens (primary N) is 1. The quantitative estimate of drug-likeness (QED) is 0.309. The lowest BCUT2D eigenvalue weighted by Gasteiger charge is -2.35. The average Bonchev–Trinajstić information content (AvgIpc) is 3.11. The smallest absolute Gasteiger partial charge is 0.264 e. The predicted molar refractivity (Wildman–Crippen MR) is 136 cm³/mol. The van der Waals surface area contributed by atoms with Gasteiger partial charge in [0.1, 0.15) is 11.5 Å². The van der Waals surface area contributed by atoms with E-state index in [1.165, 1.54) is 11.1 Å². The molecule has 198 valence electrons. The highest BCUT2D eigenvalue weighted by Gasteiger charge is 2.37. The van der Waals surface area contributed by atoms with Crippen LogP contribution < -0.4 is 11.1 Å². The minimum Gasteiger partial charge on any atom is -0.397 e. The number of hydrogen-bond donors (Lipinski definition) is 2. The molecule has 2 fully saturated rings. The summed E-state index contributed by atoms with van der Waals surface area (Å²) < 4.78 is 53.7. The minimum atomic E-state index is -2.78. The molecule has 1 aromatic carbocycles. The fourth-order valence-electron chi connectivity index (χ4n) is 4.50. The molecule has 1 aromatic rings. The number of carbonyl (C=O) groups is 2. The van der Waals surface area contributed by atoms with E-state index in [1.807, 2.05) is 0 Å². The fourth-order valence-corrected chi connectivity index (χ4v) is 4.97. The van der Waals surface area contributed by atoms with Crippen molar-refractivity contribution >= 4 is 45.3 Å². The number of aliphatic imine (C=N–C) groups is 1. The Morgan fingerprint density at radius 2 is 1.89 bits per heavy atom. The van der Waals surface area contributed by atoms with Crippen LogP contribution in [0.5, 0.6) is 0 Å². The third-order valence-electron chi connectivity index (χ3n) is 6.53. The summed E-state index contributed by atoms with van der Waals surface area (Å²) in [5.41, 5.74) is 7.21. The molecule has 3 heterocycles. The third-order valence-corrected chi connectivity index (χ3v) is 6.99. The lowest BCUT2D eigenvalue weighted by Crippen LogP contribution is -2.46. The summed E-state index contributed by atoms with van der Waals surface area (Å²) in [6, 6.07) is 2.97. The Balaban J connectivity index is 1.49. The van der Waals surface area contributed by atoms with Crippen molar-refractivity contribution in [1.29, 1.82) is 0 Å². The SMILES string of the molecule is Nc1cc(Br)cc(C(=O)N2CCC(F)(F)CC2)c1N[C@@H]1CCCN(C(=O)C2=CN=CC(C(F)F)C#C2)C1. The minimum absolute atomic E-state index is 0.0287. The first-order valence-electron chi connectivity index (χ1n) is 11.9. The van der Waals surface area contributed by atoms with Gasteiger partial charge >= 0.3 is 0 Å². The highest BCUT2D eigenvalue weighted by Crippen LogP contribution is 2.34. The number of nitrogen functional groups attached to an aromatic ring is 1. The maximum absolute atomic E-state index is 13.6. The molecular formula is C25H26BrF4N5O2. The van der Waals surface area contributed by atoms with Gasteiger partial charge in [-0.2, -0.15) is 0 Å². The molecule has 7 nitrogen and oxygen atoms in total. The normalized spacial score (nSPS) is 23.1. The molecule has 1 unspecified atom stereocenters. The van der Waals surface area contributed by atoms with Crippen molar-refractivity contribution in [2.45, 2.75) is 44.1 Å². The second kappa shape index (κ2) is 11.1. The van der Waals surface area contributed by atoms with E-state index in [9.17, 15) is 27.2 Å². The number of rotatable bonds is 5. The summed E-state index contributed by atoms with van der Waals surface area (Å²) in [4.78, 5) is 33.1. The molecule has 12 heteroatoms. The van der Waals surface area contributed by atoms with Crippen LogP contribution in [0.25, 0.3) is 0 Å². The molecule has 2 amide bonds. The van der Waals surface area contributed by atoms with Crippen molar-refractivity contribution in [3.05, 3.63) is 33.9 Å². The highest BCUT2D eigenvalue weighted by molar-refractivity contribution is 9.10. The number of nitrogens with zero attached hydrogens (tertiary/aromatic N) is 3. The van der Waals surface area contributed by atoms with Crippen molar-refractivity contribution in [2.24, 2.45) is 10.9 Å². The predicted octanol–water partition coefficient (Wildman–Crippen LogP) is 4.16. The van der Waals surface area contributed by atoms with Gasteiger partial charge in [0.2, 0.25) is 0 Å². The van der Waals surface area contributed by atoms with Gasteiger partial charge in [0.05, 0.1) is 16.9 Å². The number of carbonyl (C=O) groups excluding carboxylic acids is 2. The number of nitrogens with one attached hydrogen (secondary N) is 1. The van der Waals surface area contributed by atoms with E-state index in [0.717, 1.165) is 6.21 Å². The zero-order chi connectivity index (χ0) is 26.7. The topological polar surface area (TPSA) is 91.0 Å². The number of likely N-dealkylation sites (tertiary alicyclic amines) is 2. The number of anilines is 2. The molecule has 0 bridgehead atoms. The van der Waals surface area contributed by atoms with Crippen molar-refractivity contribution in [2.75, 3.05) is 37.2 Å². The molecule has 0 aromatic heterocycles. The first-order chi connectivity index (χ1) is 17.5. The van der Waals surface area contributed by atoms with Crippen molar-refractivity contribution in [1.82, 2.24) is 9.80 Å². The fraction of sp³-hybridized carbons (Fsp3) is 0.480. The van der Waals surface area contributed by atoms with Crippen LogP contribution in [0, 0.1) is 17.8 Å². The molecule has 0 saturated carbocycles. The van der Waals surface area contributed by atoms with Crippen LogP contribution in [0.15, 0.2) is 33.4 Å². The van der Waals surface area contributed by atoms with Gasteiger partial charge < -0.3 is 20.9 Å².